The first kappa shape index (κ1) is 10.4. The van der Waals surface area contributed by atoms with E-state index in [2.05, 4.69) is 4.74 Å². The third-order valence-corrected chi connectivity index (χ3v) is 0.390. The molecule has 0 radical (unpaired) electrons. The van der Waals surface area contributed by atoms with Crippen molar-refractivity contribution in [3.8, 4) is 0 Å². The molecule has 0 unspecified atom stereocenters. The highest BCUT2D eigenvalue weighted by molar-refractivity contribution is 5.36. The van der Waals surface area contributed by atoms with Crippen LogP contribution in [0.3, 0.4) is 0 Å². The normalized spacial score (nSPS) is 6.38. The Balaban J connectivity index is 0. The highest BCUT2D eigenvalue weighted by Crippen LogP contribution is 1.71. The van der Waals surface area contributed by atoms with Gasteiger partial charge in [-0.3, -0.25) is 4.79 Å². The number of carbonyl (C=O) groups is 1. The lowest BCUT2D eigenvalue weighted by Crippen LogP contribution is -1.86. The van der Waals surface area contributed by atoms with E-state index in [9.17, 15) is 4.79 Å². The smallest absolute Gasteiger partial charge is 0.293 e. The third-order valence-electron chi connectivity index (χ3n) is 0.390. The van der Waals surface area contributed by atoms with E-state index in [1.165, 1.54) is 0 Å². The molecule has 0 aromatic heterocycles. The minimum atomic E-state index is 0.462. The highest BCUT2D eigenvalue weighted by atomic mass is 16.5. The lowest BCUT2D eigenvalue weighted by atomic mass is 10.5. The first-order chi connectivity index (χ1) is 3.91. The molecule has 3 heteroatoms. The lowest BCUT2D eigenvalue weighted by molar-refractivity contribution is -0.128. The topological polar surface area (TPSA) is 46.5 Å². The van der Waals surface area contributed by atoms with Gasteiger partial charge in [-0.05, 0) is 6.42 Å². The Morgan fingerprint density at radius 2 is 2.12 bits per heavy atom. The Morgan fingerprint density at radius 1 is 1.62 bits per heavy atom. The van der Waals surface area contributed by atoms with Gasteiger partial charge in [-0.25, -0.2) is 0 Å². The second kappa shape index (κ2) is 16.1. The molecular weight excluding hydrogens is 108 g/mol. The summed E-state index contributed by atoms with van der Waals surface area (Å²) in [6.07, 6.45) is 0.902. The van der Waals surface area contributed by atoms with Crippen LogP contribution in [0, 0.1) is 0 Å². The Hall–Kier alpha value is -0.570. The summed E-state index contributed by atoms with van der Waals surface area (Å²) in [5, 5.41) is 7.00. The number of carbonyl (C=O) groups excluding carboxylic acids is 1. The molecule has 8 heavy (non-hydrogen) atoms. The van der Waals surface area contributed by atoms with E-state index in [0.717, 1.165) is 13.5 Å². The van der Waals surface area contributed by atoms with Gasteiger partial charge in [0.2, 0.25) is 0 Å². The van der Waals surface area contributed by atoms with Crippen molar-refractivity contribution < 1.29 is 14.6 Å². The standard InChI is InChI=1S/C4H8O2.CH4O/c1-2-3-6-4-5;1-2/h4H,2-3H2,1H3;2H,1H3. The fourth-order valence-electron chi connectivity index (χ4n) is 0.166. The van der Waals surface area contributed by atoms with E-state index in [0.29, 0.717) is 13.1 Å². The van der Waals surface area contributed by atoms with Gasteiger partial charge in [0.05, 0.1) is 6.61 Å². The van der Waals surface area contributed by atoms with Crippen molar-refractivity contribution in [1.29, 1.82) is 0 Å². The minimum absolute atomic E-state index is 0.462. The van der Waals surface area contributed by atoms with Crippen molar-refractivity contribution >= 4 is 6.47 Å². The van der Waals surface area contributed by atoms with Crippen molar-refractivity contribution in [2.75, 3.05) is 13.7 Å². The van der Waals surface area contributed by atoms with Crippen LogP contribution < -0.4 is 0 Å². The molecule has 0 aliphatic heterocycles. The fourth-order valence-corrected chi connectivity index (χ4v) is 0.166. The second-order valence-electron chi connectivity index (χ2n) is 0.967. The van der Waals surface area contributed by atoms with Gasteiger partial charge in [-0.15, -0.1) is 0 Å². The quantitative estimate of drug-likeness (QED) is 0.427. The number of hydrogen-bond donors (Lipinski definition) is 1. The van der Waals surface area contributed by atoms with Crippen molar-refractivity contribution in [2.45, 2.75) is 13.3 Å². The van der Waals surface area contributed by atoms with E-state index in [1.54, 1.807) is 0 Å². The molecule has 0 fully saturated rings. The van der Waals surface area contributed by atoms with Crippen LogP contribution in [0.2, 0.25) is 0 Å². The maximum absolute atomic E-state index is 9.34. The van der Waals surface area contributed by atoms with E-state index < -0.39 is 0 Å². The van der Waals surface area contributed by atoms with Crippen molar-refractivity contribution in [3.05, 3.63) is 0 Å². The van der Waals surface area contributed by atoms with Gasteiger partial charge in [0.15, 0.2) is 0 Å². The average Bonchev–Trinajstić information content (AvgIpc) is 1.88. The summed E-state index contributed by atoms with van der Waals surface area (Å²) in [7, 11) is 1.00. The number of aliphatic hydroxyl groups excluding tert-OH is 1. The van der Waals surface area contributed by atoms with Crippen molar-refractivity contribution in [3.63, 3.8) is 0 Å². The molecule has 0 aliphatic rings. The summed E-state index contributed by atoms with van der Waals surface area (Å²) in [6, 6.07) is 0. The van der Waals surface area contributed by atoms with Crippen LogP contribution in [0.5, 0.6) is 0 Å². The van der Waals surface area contributed by atoms with E-state index >= 15 is 0 Å². The Kier molecular flexibility index (Phi) is 21.0. The third kappa shape index (κ3) is 18.0. The summed E-state index contributed by atoms with van der Waals surface area (Å²) in [5.41, 5.74) is 0. The summed E-state index contributed by atoms with van der Waals surface area (Å²) >= 11 is 0. The van der Waals surface area contributed by atoms with Crippen LogP contribution in [0.1, 0.15) is 13.3 Å². The molecule has 0 saturated heterocycles. The van der Waals surface area contributed by atoms with Gasteiger partial charge >= 0.3 is 0 Å². The first-order valence-electron chi connectivity index (χ1n) is 2.41. The van der Waals surface area contributed by atoms with Gasteiger partial charge in [0, 0.05) is 7.11 Å². The average molecular weight is 120 g/mol. The molecule has 0 spiro atoms. The molecule has 0 saturated carbocycles. The maximum atomic E-state index is 9.34. The van der Waals surface area contributed by atoms with Gasteiger partial charge in [-0.1, -0.05) is 6.92 Å². The Morgan fingerprint density at radius 3 is 2.25 bits per heavy atom. The van der Waals surface area contributed by atoms with E-state index in [1.807, 2.05) is 6.92 Å². The van der Waals surface area contributed by atoms with Crippen LogP contribution >= 0.6 is 0 Å². The Bertz CT molecular complexity index is 36.7. The van der Waals surface area contributed by atoms with Crippen LogP contribution in [-0.2, 0) is 9.53 Å². The number of aliphatic hydroxyl groups is 1. The lowest BCUT2D eigenvalue weighted by Gasteiger charge is -1.86. The second-order valence-corrected chi connectivity index (χ2v) is 0.967. The zero-order valence-electron chi connectivity index (χ0n) is 5.26. The maximum Gasteiger partial charge on any atom is 0.293 e. The summed E-state index contributed by atoms with van der Waals surface area (Å²) < 4.78 is 4.30. The van der Waals surface area contributed by atoms with Crippen LogP contribution in [0.15, 0.2) is 0 Å². The molecular formula is C5H12O3. The largest absolute Gasteiger partial charge is 0.468 e. The molecule has 0 aliphatic carbocycles. The fraction of sp³-hybridized carbons (Fsp3) is 0.800. The van der Waals surface area contributed by atoms with Crippen LogP contribution in [0.25, 0.3) is 0 Å². The predicted octanol–water partition coefficient (Wildman–Crippen LogP) is 0.178. The molecule has 0 rings (SSSR count). The molecule has 3 nitrogen and oxygen atoms in total. The summed E-state index contributed by atoms with van der Waals surface area (Å²) in [5.74, 6) is 0. The minimum Gasteiger partial charge on any atom is -0.468 e. The molecule has 0 bridgehead atoms. The number of ether oxygens (including phenoxy) is 1. The van der Waals surface area contributed by atoms with Gasteiger partial charge in [0.25, 0.3) is 6.47 Å². The van der Waals surface area contributed by atoms with Crippen molar-refractivity contribution in [2.24, 2.45) is 0 Å². The van der Waals surface area contributed by atoms with Crippen LogP contribution in [0.4, 0.5) is 0 Å². The zero-order chi connectivity index (χ0) is 6.83. The molecule has 0 atom stereocenters. The molecule has 0 amide bonds. The van der Waals surface area contributed by atoms with Crippen LogP contribution in [-0.4, -0.2) is 25.3 Å². The van der Waals surface area contributed by atoms with Gasteiger partial charge < -0.3 is 9.84 Å². The monoisotopic (exact) mass is 120 g/mol. The number of hydrogen-bond acceptors (Lipinski definition) is 3. The predicted molar refractivity (Wildman–Crippen MR) is 30.4 cm³/mol. The summed E-state index contributed by atoms with van der Waals surface area (Å²) in [4.78, 5) is 9.34. The molecule has 0 aromatic carbocycles. The van der Waals surface area contributed by atoms with E-state index in [-0.39, 0.29) is 0 Å². The molecule has 1 N–H and O–H groups in total. The SMILES string of the molecule is CCCOC=O.CO. The summed E-state index contributed by atoms with van der Waals surface area (Å²) in [6.45, 7) is 2.95. The molecule has 0 aromatic rings. The number of rotatable bonds is 3. The van der Waals surface area contributed by atoms with Gasteiger partial charge in [-0.2, -0.15) is 0 Å². The zero-order valence-corrected chi connectivity index (χ0v) is 5.26. The van der Waals surface area contributed by atoms with E-state index in [4.69, 9.17) is 5.11 Å². The van der Waals surface area contributed by atoms with Crippen molar-refractivity contribution in [1.82, 2.24) is 0 Å². The Labute approximate surface area is 49.3 Å². The first-order valence-corrected chi connectivity index (χ1v) is 2.41. The molecule has 0 heterocycles. The van der Waals surface area contributed by atoms with Gasteiger partial charge in [0.1, 0.15) is 0 Å². The molecule has 50 valence electrons. The highest BCUT2D eigenvalue weighted by Gasteiger charge is 1.71.